The van der Waals surface area contributed by atoms with Crippen molar-refractivity contribution in [1.29, 1.82) is 5.26 Å². The van der Waals surface area contributed by atoms with E-state index >= 15 is 0 Å². The highest BCUT2D eigenvalue weighted by atomic mass is 79.9. The third kappa shape index (κ3) is 4.84. The molecule has 7 nitrogen and oxygen atoms in total. The Morgan fingerprint density at radius 3 is 2.59 bits per heavy atom. The van der Waals surface area contributed by atoms with Gasteiger partial charge >= 0.3 is 6.18 Å². The maximum Gasteiger partial charge on any atom is 0.435 e. The van der Waals surface area contributed by atoms with Gasteiger partial charge in [0.05, 0.1) is 16.4 Å². The summed E-state index contributed by atoms with van der Waals surface area (Å²) in [6.45, 7) is -0.976. The van der Waals surface area contributed by atoms with E-state index in [0.29, 0.717) is 19.9 Å². The molecule has 0 radical (unpaired) electrons. The number of thiazole rings is 1. The van der Waals surface area contributed by atoms with E-state index in [1.165, 1.54) is 0 Å². The number of halogens is 8. The standard InChI is InChI=1S/C25H14BrF7N6OS/c26-14-6-16-23(36-18(7-34)41-16)37-20(14)15(3-9-1-10(27)4-11(28)2-9)35-17(40)8-39-22-19(21(38-39)25(31,32)33)12-5-13(12)24(22,29)30/h1-2,4,6,12-13,15H,3,5,8H2,(H,35,40)/t12-,13?,15?/m0/s1. The largest absolute Gasteiger partial charge is 0.435 e. The minimum absolute atomic E-state index is 0.0977. The smallest absolute Gasteiger partial charge is 0.346 e. The van der Waals surface area contributed by atoms with Crippen LogP contribution in [0.2, 0.25) is 0 Å². The van der Waals surface area contributed by atoms with Crippen LogP contribution >= 0.6 is 27.3 Å². The fourth-order valence-electron chi connectivity index (χ4n) is 5.30. The van der Waals surface area contributed by atoms with Crippen molar-refractivity contribution in [3.8, 4) is 6.07 Å². The Kier molecular flexibility index (Phi) is 6.38. The molecule has 2 unspecified atom stereocenters. The van der Waals surface area contributed by atoms with Crippen LogP contribution < -0.4 is 5.32 Å². The summed E-state index contributed by atoms with van der Waals surface area (Å²) >= 11 is 4.38. The van der Waals surface area contributed by atoms with Crippen molar-refractivity contribution in [2.75, 3.05) is 0 Å². The van der Waals surface area contributed by atoms with Crippen LogP contribution in [0.15, 0.2) is 28.7 Å². The molecular formula is C25H14BrF7N6OS. The van der Waals surface area contributed by atoms with Crippen molar-refractivity contribution in [3.63, 3.8) is 0 Å². The van der Waals surface area contributed by atoms with Gasteiger partial charge in [-0.05, 0) is 58.5 Å². The molecule has 0 spiro atoms. The summed E-state index contributed by atoms with van der Waals surface area (Å²) in [7, 11) is 0. The van der Waals surface area contributed by atoms with Crippen LogP contribution in [0.5, 0.6) is 0 Å². The number of pyridine rings is 1. The van der Waals surface area contributed by atoms with Crippen LogP contribution in [0.1, 0.15) is 51.6 Å². The predicted molar refractivity (Wildman–Crippen MR) is 133 cm³/mol. The molecule has 3 heterocycles. The number of carbonyl (C=O) groups is 1. The highest BCUT2D eigenvalue weighted by molar-refractivity contribution is 9.10. The Bertz CT molecular complexity index is 1760. The Morgan fingerprint density at radius 1 is 1.22 bits per heavy atom. The highest BCUT2D eigenvalue weighted by Crippen LogP contribution is 2.68. The minimum atomic E-state index is -5.00. The van der Waals surface area contributed by atoms with Gasteiger partial charge in [-0.1, -0.05) is 0 Å². The molecule has 0 aliphatic heterocycles. The first kappa shape index (κ1) is 27.6. The van der Waals surface area contributed by atoms with Crippen molar-refractivity contribution in [2.45, 2.75) is 43.4 Å². The topological polar surface area (TPSA) is 96.5 Å². The van der Waals surface area contributed by atoms with Gasteiger partial charge in [-0.2, -0.15) is 32.3 Å². The monoisotopic (exact) mass is 658 g/mol. The maximum atomic E-state index is 14.9. The molecule has 0 saturated heterocycles. The van der Waals surface area contributed by atoms with E-state index in [-0.39, 0.29) is 34.8 Å². The third-order valence-electron chi connectivity index (χ3n) is 6.98. The average molecular weight is 659 g/mol. The van der Waals surface area contributed by atoms with Crippen LogP contribution in [-0.2, 0) is 29.9 Å². The van der Waals surface area contributed by atoms with Crippen LogP contribution in [0.25, 0.3) is 10.3 Å². The number of aromatic nitrogens is 4. The summed E-state index contributed by atoms with van der Waals surface area (Å²) in [6, 6.07) is 5.01. The van der Waals surface area contributed by atoms with Gasteiger partial charge in [0.2, 0.25) is 5.91 Å². The van der Waals surface area contributed by atoms with E-state index in [4.69, 9.17) is 5.26 Å². The number of benzene rings is 1. The summed E-state index contributed by atoms with van der Waals surface area (Å²) in [5.74, 6) is -8.62. The number of nitrogens with zero attached hydrogens (tertiary/aromatic N) is 5. The molecule has 1 aromatic carbocycles. The number of nitriles is 1. The van der Waals surface area contributed by atoms with E-state index in [2.05, 4.69) is 36.3 Å². The molecule has 212 valence electrons. The number of rotatable bonds is 6. The Morgan fingerprint density at radius 2 is 1.93 bits per heavy atom. The summed E-state index contributed by atoms with van der Waals surface area (Å²) in [6.07, 6.45) is -5.33. The number of hydrogen-bond acceptors (Lipinski definition) is 6. The molecule has 2 aliphatic carbocycles. The fourth-order valence-corrected chi connectivity index (χ4v) is 6.79. The second kappa shape index (κ2) is 9.48. The summed E-state index contributed by atoms with van der Waals surface area (Å²) in [5, 5.41) is 15.2. The van der Waals surface area contributed by atoms with Crippen LogP contribution in [0.4, 0.5) is 30.7 Å². The first-order chi connectivity index (χ1) is 19.3. The maximum absolute atomic E-state index is 14.9. The molecule has 2 aliphatic rings. The number of alkyl halides is 5. The third-order valence-corrected chi connectivity index (χ3v) is 8.51. The molecule has 3 atom stereocenters. The molecule has 41 heavy (non-hydrogen) atoms. The van der Waals surface area contributed by atoms with Gasteiger partial charge in [-0.15, -0.1) is 11.3 Å². The minimum Gasteiger partial charge on any atom is -0.346 e. The molecule has 0 bridgehead atoms. The summed E-state index contributed by atoms with van der Waals surface area (Å²) in [5.41, 5.74) is -2.59. The zero-order chi connectivity index (χ0) is 29.4. The van der Waals surface area contributed by atoms with Crippen LogP contribution in [0, 0.1) is 28.9 Å². The van der Waals surface area contributed by atoms with Crippen molar-refractivity contribution >= 4 is 43.5 Å². The number of hydrogen-bond donors (Lipinski definition) is 1. The molecule has 1 saturated carbocycles. The van der Waals surface area contributed by atoms with Crippen molar-refractivity contribution in [1.82, 2.24) is 25.1 Å². The van der Waals surface area contributed by atoms with E-state index in [0.717, 1.165) is 23.5 Å². The number of carbonyl (C=O) groups excluding carboxylic acids is 1. The molecule has 3 aromatic heterocycles. The number of fused-ring (bicyclic) bond motifs is 4. The lowest BCUT2D eigenvalue weighted by Crippen LogP contribution is -2.35. The summed E-state index contributed by atoms with van der Waals surface area (Å²) in [4.78, 5) is 21.6. The SMILES string of the molecule is N#Cc1nc2nc(C(Cc3cc(F)cc(F)c3)NC(=O)Cn3nc(C(F)(F)F)c4c3C(F)(F)C3C[C@H]43)c(Br)cc2s1. The average Bonchev–Trinajstić information content (AvgIpc) is 3.33. The Labute approximate surface area is 238 Å². The second-order valence-corrected chi connectivity index (χ2v) is 11.6. The number of amides is 1. The molecule has 16 heteroatoms. The normalized spacial score (nSPS) is 19.5. The fraction of sp³-hybridized carbons (Fsp3) is 0.320. The van der Waals surface area contributed by atoms with Gasteiger partial charge in [-0.25, -0.2) is 18.7 Å². The Hall–Kier alpha value is -3.58. The first-order valence-electron chi connectivity index (χ1n) is 11.9. The van der Waals surface area contributed by atoms with Crippen molar-refractivity contribution in [3.05, 3.63) is 73.6 Å². The van der Waals surface area contributed by atoms with E-state index in [9.17, 15) is 35.5 Å². The van der Waals surface area contributed by atoms with E-state index < -0.39 is 71.0 Å². The molecule has 4 aromatic rings. The predicted octanol–water partition coefficient (Wildman–Crippen LogP) is 6.13. The lowest BCUT2D eigenvalue weighted by atomic mass is 10.0. The molecular weight excluding hydrogens is 645 g/mol. The lowest BCUT2D eigenvalue weighted by Gasteiger charge is -2.21. The molecule has 1 N–H and O–H groups in total. The highest BCUT2D eigenvalue weighted by Gasteiger charge is 2.68. The van der Waals surface area contributed by atoms with E-state index in [1.54, 1.807) is 6.07 Å². The van der Waals surface area contributed by atoms with Gasteiger partial charge in [0.15, 0.2) is 16.3 Å². The van der Waals surface area contributed by atoms with E-state index in [1.807, 2.05) is 6.07 Å². The molecule has 1 amide bonds. The van der Waals surface area contributed by atoms with Gasteiger partial charge in [-0.3, -0.25) is 9.48 Å². The quantitative estimate of drug-likeness (QED) is 0.252. The van der Waals surface area contributed by atoms with Gasteiger partial charge < -0.3 is 5.32 Å². The van der Waals surface area contributed by atoms with Crippen molar-refractivity contribution in [2.24, 2.45) is 5.92 Å². The zero-order valence-electron chi connectivity index (χ0n) is 20.2. The zero-order valence-corrected chi connectivity index (χ0v) is 22.6. The second-order valence-electron chi connectivity index (χ2n) is 9.75. The van der Waals surface area contributed by atoms with Gasteiger partial charge in [0.25, 0.3) is 5.92 Å². The molecule has 1 fully saturated rings. The summed E-state index contributed by atoms with van der Waals surface area (Å²) < 4.78 is 99.9. The van der Waals surface area contributed by atoms with Crippen LogP contribution in [0.3, 0.4) is 0 Å². The van der Waals surface area contributed by atoms with Gasteiger partial charge in [0.1, 0.15) is 29.9 Å². The number of nitrogens with one attached hydrogen (secondary N) is 1. The van der Waals surface area contributed by atoms with Gasteiger partial charge in [0, 0.05) is 22.0 Å². The lowest BCUT2D eigenvalue weighted by molar-refractivity contribution is -0.142. The van der Waals surface area contributed by atoms with Crippen molar-refractivity contribution < 1.29 is 35.5 Å². The van der Waals surface area contributed by atoms with Crippen LogP contribution in [-0.4, -0.2) is 25.7 Å². The Balaban J connectivity index is 1.36. The molecule has 6 rings (SSSR count). The first-order valence-corrected chi connectivity index (χ1v) is 13.5.